The third-order valence-corrected chi connectivity index (χ3v) is 2.53. The van der Waals surface area contributed by atoms with Crippen molar-refractivity contribution in [1.82, 2.24) is 5.32 Å². The Hall–Kier alpha value is -1.11. The minimum atomic E-state index is -3.84. The van der Waals surface area contributed by atoms with Gasteiger partial charge in [0.1, 0.15) is 11.5 Å². The minimum absolute atomic E-state index is 0.164. The van der Waals surface area contributed by atoms with E-state index in [1.807, 2.05) is 0 Å². The summed E-state index contributed by atoms with van der Waals surface area (Å²) in [5, 5.41) is 10.6. The fourth-order valence-corrected chi connectivity index (χ4v) is 1.76. The van der Waals surface area contributed by atoms with Gasteiger partial charge < -0.3 is 10.4 Å². The van der Waals surface area contributed by atoms with E-state index < -0.39 is 33.2 Å². The standard InChI is InChI=1S/C7H13NO5S/c1-5(2)8-6(9)3-14(12,13)4-7(10)11/h5H,3-4H2,1-2H3,(H,8,9)(H,10,11). The van der Waals surface area contributed by atoms with E-state index in [1.54, 1.807) is 13.8 Å². The number of sulfone groups is 1. The molecule has 0 aromatic heterocycles. The van der Waals surface area contributed by atoms with E-state index in [0.29, 0.717) is 0 Å². The first-order valence-electron chi connectivity index (χ1n) is 3.94. The molecule has 0 saturated carbocycles. The first-order valence-corrected chi connectivity index (χ1v) is 5.76. The van der Waals surface area contributed by atoms with Crippen LogP contribution in [-0.4, -0.2) is 42.9 Å². The molecule has 2 N–H and O–H groups in total. The second kappa shape index (κ2) is 4.94. The van der Waals surface area contributed by atoms with E-state index in [0.717, 1.165) is 0 Å². The van der Waals surface area contributed by atoms with Crippen molar-refractivity contribution in [2.24, 2.45) is 0 Å². The highest BCUT2D eigenvalue weighted by molar-refractivity contribution is 7.92. The number of hydrogen-bond acceptors (Lipinski definition) is 4. The third-order valence-electron chi connectivity index (χ3n) is 1.14. The number of amides is 1. The Balaban J connectivity index is 4.23. The van der Waals surface area contributed by atoms with E-state index in [9.17, 15) is 18.0 Å². The van der Waals surface area contributed by atoms with Crippen LogP contribution in [0.15, 0.2) is 0 Å². The number of aliphatic carboxylic acids is 1. The molecule has 0 aliphatic carbocycles. The van der Waals surface area contributed by atoms with E-state index in [1.165, 1.54) is 0 Å². The van der Waals surface area contributed by atoms with Gasteiger partial charge in [-0.3, -0.25) is 9.59 Å². The van der Waals surface area contributed by atoms with Gasteiger partial charge in [0.2, 0.25) is 5.91 Å². The Kier molecular flexibility index (Phi) is 4.55. The molecule has 6 nitrogen and oxygen atoms in total. The van der Waals surface area contributed by atoms with Gasteiger partial charge in [0, 0.05) is 6.04 Å². The summed E-state index contributed by atoms with van der Waals surface area (Å²) < 4.78 is 22.0. The average Bonchev–Trinajstić information content (AvgIpc) is 1.77. The quantitative estimate of drug-likeness (QED) is 0.623. The van der Waals surface area contributed by atoms with Crippen LogP contribution in [0.5, 0.6) is 0 Å². The summed E-state index contributed by atoms with van der Waals surface area (Å²) in [5.41, 5.74) is 0. The van der Waals surface area contributed by atoms with Crippen LogP contribution >= 0.6 is 0 Å². The zero-order valence-corrected chi connectivity index (χ0v) is 8.80. The van der Waals surface area contributed by atoms with Crippen molar-refractivity contribution in [1.29, 1.82) is 0 Å². The molecule has 0 aromatic rings. The molecular weight excluding hydrogens is 210 g/mol. The molecule has 0 rings (SSSR count). The Bertz CT molecular complexity index is 319. The molecule has 0 fully saturated rings. The van der Waals surface area contributed by atoms with E-state index in [2.05, 4.69) is 5.32 Å². The topological polar surface area (TPSA) is 101 Å². The Labute approximate surface area is 82.2 Å². The SMILES string of the molecule is CC(C)NC(=O)CS(=O)(=O)CC(=O)O. The van der Waals surface area contributed by atoms with Crippen LogP contribution in [-0.2, 0) is 19.4 Å². The number of rotatable bonds is 5. The predicted octanol–water partition coefficient (Wildman–Crippen LogP) is -0.990. The van der Waals surface area contributed by atoms with Crippen LogP contribution in [0.3, 0.4) is 0 Å². The van der Waals surface area contributed by atoms with Gasteiger partial charge in [0.15, 0.2) is 9.84 Å². The molecule has 0 radical (unpaired) electrons. The third kappa shape index (κ3) is 6.41. The van der Waals surface area contributed by atoms with Crippen LogP contribution in [0.1, 0.15) is 13.8 Å². The van der Waals surface area contributed by atoms with Crippen molar-refractivity contribution in [2.45, 2.75) is 19.9 Å². The van der Waals surface area contributed by atoms with Crippen molar-refractivity contribution in [3.8, 4) is 0 Å². The van der Waals surface area contributed by atoms with Crippen molar-refractivity contribution in [3.63, 3.8) is 0 Å². The monoisotopic (exact) mass is 223 g/mol. The molecule has 7 heteroatoms. The molecule has 0 aliphatic rings. The van der Waals surface area contributed by atoms with Gasteiger partial charge in [-0.25, -0.2) is 8.42 Å². The predicted molar refractivity (Wildman–Crippen MR) is 49.6 cm³/mol. The fraction of sp³-hybridized carbons (Fsp3) is 0.714. The van der Waals surface area contributed by atoms with Crippen LogP contribution in [0.2, 0.25) is 0 Å². The Morgan fingerprint density at radius 3 is 2.14 bits per heavy atom. The van der Waals surface area contributed by atoms with Gasteiger partial charge in [-0.1, -0.05) is 0 Å². The smallest absolute Gasteiger partial charge is 0.318 e. The lowest BCUT2D eigenvalue weighted by Gasteiger charge is -2.07. The van der Waals surface area contributed by atoms with Crippen LogP contribution in [0.25, 0.3) is 0 Å². The molecule has 14 heavy (non-hydrogen) atoms. The molecule has 0 unspecified atom stereocenters. The number of carbonyl (C=O) groups excluding carboxylic acids is 1. The van der Waals surface area contributed by atoms with Gasteiger partial charge in [-0.2, -0.15) is 0 Å². The summed E-state index contributed by atoms with van der Waals surface area (Å²) in [5.74, 6) is -3.93. The number of nitrogens with one attached hydrogen (secondary N) is 1. The van der Waals surface area contributed by atoms with Gasteiger partial charge in [0.05, 0.1) is 0 Å². The van der Waals surface area contributed by atoms with Gasteiger partial charge in [-0.05, 0) is 13.8 Å². The van der Waals surface area contributed by atoms with E-state index in [-0.39, 0.29) is 6.04 Å². The maximum Gasteiger partial charge on any atom is 0.318 e. The normalized spacial score (nSPS) is 11.4. The summed E-state index contributed by atoms with van der Waals surface area (Å²) in [6, 6.07) is -0.164. The maximum atomic E-state index is 11.0. The zero-order valence-electron chi connectivity index (χ0n) is 7.98. The van der Waals surface area contributed by atoms with Gasteiger partial charge in [-0.15, -0.1) is 0 Å². The molecule has 0 aliphatic heterocycles. The highest BCUT2D eigenvalue weighted by Gasteiger charge is 2.20. The molecule has 1 amide bonds. The highest BCUT2D eigenvalue weighted by Crippen LogP contribution is 1.91. The molecule has 0 bridgehead atoms. The molecule has 82 valence electrons. The second-order valence-corrected chi connectivity index (χ2v) is 5.21. The van der Waals surface area contributed by atoms with Crippen LogP contribution in [0.4, 0.5) is 0 Å². The number of hydrogen-bond donors (Lipinski definition) is 2. The highest BCUT2D eigenvalue weighted by atomic mass is 32.2. The van der Waals surface area contributed by atoms with Crippen LogP contribution in [0, 0.1) is 0 Å². The summed E-state index contributed by atoms with van der Waals surface area (Å²) in [6.45, 7) is 3.36. The average molecular weight is 223 g/mol. The number of carboxylic acids is 1. The number of carbonyl (C=O) groups is 2. The fourth-order valence-electron chi connectivity index (χ4n) is 0.803. The summed E-state index contributed by atoms with van der Waals surface area (Å²) in [4.78, 5) is 21.1. The van der Waals surface area contributed by atoms with Crippen molar-refractivity contribution in [3.05, 3.63) is 0 Å². The lowest BCUT2D eigenvalue weighted by Crippen LogP contribution is -2.36. The molecular formula is C7H13NO5S. The Morgan fingerprint density at radius 2 is 1.79 bits per heavy atom. The first-order chi connectivity index (χ1) is 6.23. The minimum Gasteiger partial charge on any atom is -0.480 e. The molecule has 0 heterocycles. The van der Waals surface area contributed by atoms with Crippen molar-refractivity contribution >= 4 is 21.7 Å². The largest absolute Gasteiger partial charge is 0.480 e. The number of carboxylic acid groups (broad SMARTS) is 1. The van der Waals surface area contributed by atoms with Gasteiger partial charge in [0.25, 0.3) is 0 Å². The van der Waals surface area contributed by atoms with E-state index >= 15 is 0 Å². The summed E-state index contributed by atoms with van der Waals surface area (Å²) in [7, 11) is -3.84. The molecule has 0 spiro atoms. The maximum absolute atomic E-state index is 11.0. The van der Waals surface area contributed by atoms with E-state index in [4.69, 9.17) is 5.11 Å². The molecule has 0 saturated heterocycles. The molecule has 0 aromatic carbocycles. The zero-order chi connectivity index (χ0) is 11.4. The van der Waals surface area contributed by atoms with Crippen molar-refractivity contribution in [2.75, 3.05) is 11.5 Å². The summed E-state index contributed by atoms with van der Waals surface area (Å²) >= 11 is 0. The Morgan fingerprint density at radius 1 is 1.29 bits per heavy atom. The first kappa shape index (κ1) is 12.9. The summed E-state index contributed by atoms with van der Waals surface area (Å²) in [6.07, 6.45) is 0. The molecule has 0 atom stereocenters. The lowest BCUT2D eigenvalue weighted by atomic mass is 10.4. The second-order valence-electron chi connectivity index (χ2n) is 3.15. The lowest BCUT2D eigenvalue weighted by molar-refractivity contribution is -0.134. The van der Waals surface area contributed by atoms with Crippen LogP contribution < -0.4 is 5.32 Å². The van der Waals surface area contributed by atoms with Gasteiger partial charge >= 0.3 is 5.97 Å². The van der Waals surface area contributed by atoms with Crippen molar-refractivity contribution < 1.29 is 23.1 Å².